The van der Waals surface area contributed by atoms with Crippen molar-refractivity contribution in [2.24, 2.45) is 0 Å². The van der Waals surface area contributed by atoms with E-state index in [0.29, 0.717) is 32.2 Å². The predicted molar refractivity (Wildman–Crippen MR) is 139 cm³/mol. The van der Waals surface area contributed by atoms with Crippen LogP contribution in [0.25, 0.3) is 11.0 Å². The van der Waals surface area contributed by atoms with Gasteiger partial charge >= 0.3 is 0 Å². The minimum atomic E-state index is -4.51. The number of furan rings is 1. The van der Waals surface area contributed by atoms with Gasteiger partial charge in [0.05, 0.1) is 21.1 Å². The van der Waals surface area contributed by atoms with Crippen LogP contribution in [0.3, 0.4) is 0 Å². The van der Waals surface area contributed by atoms with E-state index in [2.05, 4.69) is 0 Å². The van der Waals surface area contributed by atoms with Crippen molar-refractivity contribution < 1.29 is 27.3 Å². The van der Waals surface area contributed by atoms with Crippen LogP contribution in [0.4, 0.5) is 11.4 Å². The average Bonchev–Trinajstić information content (AvgIpc) is 3.13. The number of carbonyl (C=O) groups is 2. The van der Waals surface area contributed by atoms with Crippen molar-refractivity contribution in [3.05, 3.63) is 98.3 Å². The summed E-state index contributed by atoms with van der Waals surface area (Å²) in [6.45, 7) is 8.10. The van der Waals surface area contributed by atoms with Gasteiger partial charge in [-0.05, 0) is 70.0 Å². The van der Waals surface area contributed by atoms with Crippen LogP contribution >= 0.6 is 0 Å². The maximum Gasteiger partial charge on any atom is 0.272 e. The first-order valence-corrected chi connectivity index (χ1v) is 12.7. The highest BCUT2D eigenvalue weighted by atomic mass is 32.2. The molecule has 1 aromatic heterocycles. The van der Waals surface area contributed by atoms with Crippen molar-refractivity contribution in [3.8, 4) is 0 Å². The molecular weight excluding hydrogens is 496 g/mol. The van der Waals surface area contributed by atoms with E-state index in [4.69, 9.17) is 4.42 Å². The summed E-state index contributed by atoms with van der Waals surface area (Å²) in [5, 5.41) is 11.7. The Kier molecular flexibility index (Phi) is 6.47. The third-order valence-corrected chi connectivity index (χ3v) is 8.04. The molecule has 0 spiro atoms. The molecule has 4 rings (SSSR count). The third-order valence-electron chi connectivity index (χ3n) is 6.03. The Morgan fingerprint density at radius 3 is 2.19 bits per heavy atom. The van der Waals surface area contributed by atoms with E-state index in [1.807, 2.05) is 6.92 Å². The minimum Gasteiger partial charge on any atom is -0.461 e. The SMILES string of the molecule is CC(=O)c1c(C)oc2ccc(N(C(=O)c3cccc([N+](=O)[O-])c3)S(=O)(=O)c3c(C)cc(C)cc3C)cc12. The lowest BCUT2D eigenvalue weighted by molar-refractivity contribution is -0.384. The lowest BCUT2D eigenvalue weighted by Gasteiger charge is -2.25. The summed E-state index contributed by atoms with van der Waals surface area (Å²) < 4.78 is 34.6. The van der Waals surface area contributed by atoms with Crippen molar-refractivity contribution in [2.45, 2.75) is 39.5 Å². The second-order valence-electron chi connectivity index (χ2n) is 8.88. The standard InChI is InChI=1S/C27H24N2O7S/c1-15-11-16(2)26(17(3)12-15)37(34,35)28(27(31)20-7-6-8-22(13-20)29(32)33)21-9-10-24-23(14-21)25(18(4)30)19(5)36-24/h6-14H,1-5H3. The lowest BCUT2D eigenvalue weighted by Crippen LogP contribution is -2.38. The van der Waals surface area contributed by atoms with Crippen molar-refractivity contribution >= 4 is 44.1 Å². The molecular formula is C27H24N2O7S. The summed E-state index contributed by atoms with van der Waals surface area (Å²) >= 11 is 0. The molecule has 1 heterocycles. The third kappa shape index (κ3) is 4.51. The number of Topliss-reactive ketones (excluding diaryl/α,β-unsaturated/α-hetero) is 1. The second kappa shape index (κ2) is 9.29. The normalized spacial score (nSPS) is 11.5. The van der Waals surface area contributed by atoms with Crippen LogP contribution in [-0.4, -0.2) is 25.0 Å². The molecule has 0 saturated heterocycles. The number of hydrogen-bond donors (Lipinski definition) is 0. The molecule has 37 heavy (non-hydrogen) atoms. The molecule has 190 valence electrons. The zero-order valence-electron chi connectivity index (χ0n) is 20.9. The maximum absolute atomic E-state index is 14.2. The Hall–Kier alpha value is -4.31. The highest BCUT2D eigenvalue weighted by molar-refractivity contribution is 7.93. The maximum atomic E-state index is 14.2. The van der Waals surface area contributed by atoms with Crippen molar-refractivity contribution in [1.29, 1.82) is 0 Å². The molecule has 0 bridgehead atoms. The van der Waals surface area contributed by atoms with E-state index in [0.717, 1.165) is 11.6 Å². The number of amides is 1. The number of benzene rings is 3. The number of nitro benzene ring substituents is 1. The molecule has 0 N–H and O–H groups in total. The van der Waals surface area contributed by atoms with Crippen LogP contribution in [0.5, 0.6) is 0 Å². The number of carbonyl (C=O) groups excluding carboxylic acids is 2. The first kappa shape index (κ1) is 25.8. The van der Waals surface area contributed by atoms with Crippen molar-refractivity contribution in [3.63, 3.8) is 0 Å². The molecule has 0 aliphatic heterocycles. The molecule has 0 fully saturated rings. The number of fused-ring (bicyclic) bond motifs is 1. The van der Waals surface area contributed by atoms with E-state index in [-0.39, 0.29) is 33.2 Å². The van der Waals surface area contributed by atoms with Gasteiger partial charge in [0.2, 0.25) is 0 Å². The molecule has 0 atom stereocenters. The first-order chi connectivity index (χ1) is 17.3. The number of anilines is 1. The summed E-state index contributed by atoms with van der Waals surface area (Å²) in [7, 11) is -4.51. The molecule has 0 radical (unpaired) electrons. The largest absolute Gasteiger partial charge is 0.461 e. The van der Waals surface area contributed by atoms with E-state index >= 15 is 0 Å². The van der Waals surface area contributed by atoms with Gasteiger partial charge in [0.25, 0.3) is 21.6 Å². The Morgan fingerprint density at radius 2 is 1.59 bits per heavy atom. The molecule has 0 aliphatic rings. The van der Waals surface area contributed by atoms with Crippen molar-refractivity contribution in [1.82, 2.24) is 0 Å². The molecule has 1 amide bonds. The molecule has 0 unspecified atom stereocenters. The smallest absolute Gasteiger partial charge is 0.272 e. The fourth-order valence-electron chi connectivity index (χ4n) is 4.67. The van der Waals surface area contributed by atoms with Gasteiger partial charge in [-0.2, -0.15) is 4.31 Å². The van der Waals surface area contributed by atoms with E-state index in [9.17, 15) is 28.1 Å². The monoisotopic (exact) mass is 520 g/mol. The topological polar surface area (TPSA) is 128 Å². The fraction of sp³-hybridized carbons (Fsp3) is 0.185. The number of nitro groups is 1. The van der Waals surface area contributed by atoms with Crippen molar-refractivity contribution in [2.75, 3.05) is 4.31 Å². The van der Waals surface area contributed by atoms with Crippen LogP contribution in [-0.2, 0) is 10.0 Å². The molecule has 10 heteroatoms. The fourth-order valence-corrected chi connectivity index (χ4v) is 6.50. The number of sulfonamides is 1. The molecule has 4 aromatic rings. The van der Waals surface area contributed by atoms with Crippen LogP contribution in [0.1, 0.15) is 50.1 Å². The van der Waals surface area contributed by atoms with Crippen LogP contribution in [0, 0.1) is 37.8 Å². The summed E-state index contributed by atoms with van der Waals surface area (Å²) in [6, 6.07) is 12.6. The van der Waals surface area contributed by atoms with E-state index in [1.54, 1.807) is 32.9 Å². The van der Waals surface area contributed by atoms with E-state index in [1.165, 1.54) is 43.3 Å². The van der Waals surface area contributed by atoms with Gasteiger partial charge in [0.15, 0.2) is 5.78 Å². The predicted octanol–water partition coefficient (Wildman–Crippen LogP) is 5.81. The first-order valence-electron chi connectivity index (χ1n) is 11.3. The lowest BCUT2D eigenvalue weighted by atomic mass is 10.1. The number of aryl methyl sites for hydroxylation is 4. The van der Waals surface area contributed by atoms with Gasteiger partial charge in [-0.25, -0.2) is 8.42 Å². The highest BCUT2D eigenvalue weighted by Crippen LogP contribution is 2.35. The second-order valence-corrected chi connectivity index (χ2v) is 10.6. The number of nitrogens with zero attached hydrogens (tertiary/aromatic N) is 2. The van der Waals surface area contributed by atoms with Gasteiger partial charge in [0, 0.05) is 23.1 Å². The summed E-state index contributed by atoms with van der Waals surface area (Å²) in [5.74, 6) is -0.894. The molecule has 3 aromatic carbocycles. The molecule has 9 nitrogen and oxygen atoms in total. The van der Waals surface area contributed by atoms with Gasteiger partial charge in [-0.15, -0.1) is 0 Å². The summed E-state index contributed by atoms with van der Waals surface area (Å²) in [6.07, 6.45) is 0. The van der Waals surface area contributed by atoms with E-state index < -0.39 is 20.9 Å². The minimum absolute atomic E-state index is 0.0355. The average molecular weight is 521 g/mol. The number of rotatable bonds is 6. The highest BCUT2D eigenvalue weighted by Gasteiger charge is 2.35. The van der Waals surface area contributed by atoms with Gasteiger partial charge in [-0.1, -0.05) is 23.8 Å². The summed E-state index contributed by atoms with van der Waals surface area (Å²) in [5.41, 5.74) is 1.80. The molecule has 0 aliphatic carbocycles. The number of ketones is 1. The zero-order chi connectivity index (χ0) is 27.2. The van der Waals surface area contributed by atoms with Gasteiger partial charge < -0.3 is 4.42 Å². The van der Waals surface area contributed by atoms with Crippen LogP contribution in [0.2, 0.25) is 0 Å². The quantitative estimate of drug-likeness (QED) is 0.178. The van der Waals surface area contributed by atoms with Gasteiger partial charge in [-0.3, -0.25) is 19.7 Å². The molecule has 0 saturated carbocycles. The Bertz CT molecular complexity index is 1700. The Morgan fingerprint density at radius 1 is 0.946 bits per heavy atom. The zero-order valence-corrected chi connectivity index (χ0v) is 21.7. The van der Waals surface area contributed by atoms with Gasteiger partial charge in [0.1, 0.15) is 11.3 Å². The summed E-state index contributed by atoms with van der Waals surface area (Å²) in [4.78, 5) is 36.7. The number of hydrogen-bond acceptors (Lipinski definition) is 7. The Labute approximate surface area is 213 Å². The van der Waals surface area contributed by atoms with Crippen LogP contribution < -0.4 is 4.31 Å². The Balaban J connectivity index is 2.02. The van der Waals surface area contributed by atoms with Crippen LogP contribution in [0.15, 0.2) is 63.9 Å². The number of non-ortho nitro benzene ring substituents is 1.